The van der Waals surface area contributed by atoms with Crippen LogP contribution in [0.25, 0.3) is 0 Å². The number of fused-ring (bicyclic) bond motifs is 1. The highest BCUT2D eigenvalue weighted by molar-refractivity contribution is 5.97. The number of hydrogen-bond acceptors (Lipinski definition) is 4. The van der Waals surface area contributed by atoms with Gasteiger partial charge in [0.05, 0.1) is 12.8 Å². The van der Waals surface area contributed by atoms with Crippen LogP contribution in [0.5, 0.6) is 5.75 Å². The van der Waals surface area contributed by atoms with Crippen LogP contribution in [-0.2, 0) is 19.5 Å². The van der Waals surface area contributed by atoms with Crippen LogP contribution in [0, 0.1) is 0 Å². The van der Waals surface area contributed by atoms with E-state index in [1.165, 1.54) is 0 Å². The molecule has 2 aromatic rings. The van der Waals surface area contributed by atoms with Crippen LogP contribution in [0.2, 0.25) is 0 Å². The van der Waals surface area contributed by atoms with Crippen LogP contribution in [0.4, 0.5) is 0 Å². The number of nitrogens with zero attached hydrogens (tertiary/aromatic N) is 2. The standard InChI is InChI=1S/C22H30N4O3/c1-3-4-6-13-23-21(27)19-18-8-5-7-14-26(18)20(25-19)22(28)24-15-16-9-11-17(29-2)12-10-16/h9-12H,3-8,13-15H2,1-2H3,(H,23,27)(H,24,28). The summed E-state index contributed by atoms with van der Waals surface area (Å²) in [4.78, 5) is 29.9. The molecule has 7 nitrogen and oxygen atoms in total. The van der Waals surface area contributed by atoms with Gasteiger partial charge in [-0.3, -0.25) is 9.59 Å². The summed E-state index contributed by atoms with van der Waals surface area (Å²) in [5.41, 5.74) is 2.24. The minimum absolute atomic E-state index is 0.180. The third-order valence-electron chi connectivity index (χ3n) is 5.21. The number of amides is 2. The molecule has 0 radical (unpaired) electrons. The van der Waals surface area contributed by atoms with Crippen LogP contribution >= 0.6 is 0 Å². The second-order valence-electron chi connectivity index (χ2n) is 7.33. The molecule has 0 aliphatic carbocycles. The van der Waals surface area contributed by atoms with E-state index in [4.69, 9.17) is 4.74 Å². The lowest BCUT2D eigenvalue weighted by molar-refractivity contribution is 0.0935. The molecule has 0 bridgehead atoms. The second-order valence-corrected chi connectivity index (χ2v) is 7.33. The fraction of sp³-hybridized carbons (Fsp3) is 0.500. The molecule has 2 heterocycles. The van der Waals surface area contributed by atoms with Crippen molar-refractivity contribution in [2.75, 3.05) is 13.7 Å². The van der Waals surface area contributed by atoms with Crippen molar-refractivity contribution in [3.05, 3.63) is 47.0 Å². The number of nitrogens with one attached hydrogen (secondary N) is 2. The summed E-state index contributed by atoms with van der Waals surface area (Å²) < 4.78 is 7.06. The van der Waals surface area contributed by atoms with Gasteiger partial charge < -0.3 is 19.9 Å². The van der Waals surface area contributed by atoms with Gasteiger partial charge >= 0.3 is 0 Å². The van der Waals surface area contributed by atoms with E-state index in [0.29, 0.717) is 24.6 Å². The van der Waals surface area contributed by atoms with E-state index in [1.54, 1.807) is 7.11 Å². The molecule has 0 saturated heterocycles. The maximum atomic E-state index is 12.8. The predicted molar refractivity (Wildman–Crippen MR) is 111 cm³/mol. The Hall–Kier alpha value is -2.83. The summed E-state index contributed by atoms with van der Waals surface area (Å²) in [5.74, 6) is 0.666. The van der Waals surface area contributed by atoms with Crippen LogP contribution < -0.4 is 15.4 Å². The zero-order valence-corrected chi connectivity index (χ0v) is 17.3. The molecule has 3 rings (SSSR count). The number of methoxy groups -OCH3 is 1. The molecule has 29 heavy (non-hydrogen) atoms. The molecule has 0 fully saturated rings. The van der Waals surface area contributed by atoms with Crippen LogP contribution in [0.1, 0.15) is 71.4 Å². The van der Waals surface area contributed by atoms with Crippen molar-refractivity contribution < 1.29 is 14.3 Å². The summed E-state index contributed by atoms with van der Waals surface area (Å²) in [6, 6.07) is 7.55. The Bertz CT molecular complexity index is 842. The van der Waals surface area contributed by atoms with E-state index in [0.717, 1.165) is 62.1 Å². The van der Waals surface area contributed by atoms with Crippen molar-refractivity contribution in [2.24, 2.45) is 0 Å². The molecule has 2 N–H and O–H groups in total. The lowest BCUT2D eigenvalue weighted by Gasteiger charge is -2.17. The molecule has 7 heteroatoms. The van der Waals surface area contributed by atoms with Crippen molar-refractivity contribution in [2.45, 2.75) is 58.5 Å². The number of benzene rings is 1. The second kappa shape index (κ2) is 10.1. The topological polar surface area (TPSA) is 85.2 Å². The lowest BCUT2D eigenvalue weighted by Crippen LogP contribution is -2.27. The lowest BCUT2D eigenvalue weighted by atomic mass is 10.1. The molecule has 156 valence electrons. The van der Waals surface area contributed by atoms with E-state index in [9.17, 15) is 9.59 Å². The van der Waals surface area contributed by atoms with Gasteiger partial charge in [0.25, 0.3) is 11.8 Å². The Morgan fingerprint density at radius 1 is 1.10 bits per heavy atom. The van der Waals surface area contributed by atoms with Gasteiger partial charge in [-0.25, -0.2) is 4.98 Å². The summed E-state index contributed by atoms with van der Waals surface area (Å²) in [6.07, 6.45) is 5.91. The Balaban J connectivity index is 1.69. The molecule has 2 amide bonds. The van der Waals surface area contributed by atoms with Crippen molar-refractivity contribution >= 4 is 11.8 Å². The van der Waals surface area contributed by atoms with Crippen molar-refractivity contribution in [1.82, 2.24) is 20.2 Å². The van der Waals surface area contributed by atoms with Gasteiger partial charge in [0.2, 0.25) is 0 Å². The molecular weight excluding hydrogens is 368 g/mol. The SMILES string of the molecule is CCCCCNC(=O)c1nc(C(=O)NCc2ccc(OC)cc2)n2c1CCCC2. The highest BCUT2D eigenvalue weighted by Crippen LogP contribution is 2.21. The van der Waals surface area contributed by atoms with Crippen molar-refractivity contribution in [1.29, 1.82) is 0 Å². The Morgan fingerprint density at radius 3 is 2.62 bits per heavy atom. The van der Waals surface area contributed by atoms with E-state index in [-0.39, 0.29) is 11.8 Å². The Labute approximate surface area is 171 Å². The smallest absolute Gasteiger partial charge is 0.287 e. The summed E-state index contributed by atoms with van der Waals surface area (Å²) >= 11 is 0. The molecule has 0 unspecified atom stereocenters. The van der Waals surface area contributed by atoms with Crippen LogP contribution in [0.3, 0.4) is 0 Å². The quantitative estimate of drug-likeness (QED) is 0.636. The van der Waals surface area contributed by atoms with E-state index < -0.39 is 0 Å². The maximum Gasteiger partial charge on any atom is 0.287 e. The van der Waals surface area contributed by atoms with Gasteiger partial charge in [-0.2, -0.15) is 0 Å². The normalized spacial score (nSPS) is 12.9. The van der Waals surface area contributed by atoms with Crippen molar-refractivity contribution in [3.8, 4) is 5.75 Å². The Morgan fingerprint density at radius 2 is 1.90 bits per heavy atom. The molecule has 0 atom stereocenters. The number of rotatable bonds is 9. The molecule has 1 aromatic heterocycles. The van der Waals surface area contributed by atoms with Crippen LogP contribution in [-0.4, -0.2) is 35.0 Å². The van der Waals surface area contributed by atoms with E-state index in [2.05, 4.69) is 22.5 Å². The third kappa shape index (κ3) is 5.16. The fourth-order valence-corrected chi connectivity index (χ4v) is 3.56. The first-order chi connectivity index (χ1) is 14.1. The average molecular weight is 399 g/mol. The molecule has 1 aliphatic heterocycles. The zero-order valence-electron chi connectivity index (χ0n) is 17.3. The molecule has 1 aliphatic rings. The van der Waals surface area contributed by atoms with Gasteiger partial charge in [-0.15, -0.1) is 0 Å². The number of ether oxygens (including phenoxy) is 1. The first-order valence-electron chi connectivity index (χ1n) is 10.4. The van der Waals surface area contributed by atoms with E-state index in [1.807, 2.05) is 28.8 Å². The monoisotopic (exact) mass is 398 g/mol. The first-order valence-corrected chi connectivity index (χ1v) is 10.4. The van der Waals surface area contributed by atoms with Gasteiger partial charge in [-0.05, 0) is 43.4 Å². The largest absolute Gasteiger partial charge is 0.497 e. The molecule has 0 spiro atoms. The van der Waals surface area contributed by atoms with Gasteiger partial charge in [0, 0.05) is 19.6 Å². The minimum Gasteiger partial charge on any atom is -0.497 e. The third-order valence-corrected chi connectivity index (χ3v) is 5.21. The number of carbonyl (C=O) groups is 2. The molecule has 0 saturated carbocycles. The summed E-state index contributed by atoms with van der Waals surface area (Å²) in [5, 5.41) is 5.87. The predicted octanol–water partition coefficient (Wildman–Crippen LogP) is 3.08. The molecular formula is C22H30N4O3. The number of imidazole rings is 1. The first kappa shape index (κ1) is 20.9. The summed E-state index contributed by atoms with van der Waals surface area (Å²) in [7, 11) is 1.62. The van der Waals surface area contributed by atoms with Gasteiger partial charge in [0.15, 0.2) is 5.82 Å². The van der Waals surface area contributed by atoms with E-state index >= 15 is 0 Å². The van der Waals surface area contributed by atoms with Gasteiger partial charge in [-0.1, -0.05) is 31.9 Å². The van der Waals surface area contributed by atoms with Crippen LogP contribution in [0.15, 0.2) is 24.3 Å². The van der Waals surface area contributed by atoms with Gasteiger partial charge in [0.1, 0.15) is 11.4 Å². The highest BCUT2D eigenvalue weighted by atomic mass is 16.5. The molecule has 1 aromatic carbocycles. The zero-order chi connectivity index (χ0) is 20.6. The number of hydrogen-bond donors (Lipinski definition) is 2. The highest BCUT2D eigenvalue weighted by Gasteiger charge is 2.27. The fourth-order valence-electron chi connectivity index (χ4n) is 3.56. The number of aromatic nitrogens is 2. The Kier molecular flexibility index (Phi) is 7.27. The number of unbranched alkanes of at least 4 members (excludes halogenated alkanes) is 2. The maximum absolute atomic E-state index is 12.8. The summed E-state index contributed by atoms with van der Waals surface area (Å²) in [6.45, 7) is 3.88. The van der Waals surface area contributed by atoms with Crippen molar-refractivity contribution in [3.63, 3.8) is 0 Å². The average Bonchev–Trinajstić information content (AvgIpc) is 3.15. The number of carbonyl (C=O) groups excluding carboxylic acids is 2. The minimum atomic E-state index is -0.256.